The fourth-order valence-corrected chi connectivity index (χ4v) is 2.84. The van der Waals surface area contributed by atoms with Gasteiger partial charge in [-0.1, -0.05) is 42.5 Å². The number of pyridine rings is 1. The van der Waals surface area contributed by atoms with E-state index < -0.39 is 0 Å². The van der Waals surface area contributed by atoms with Crippen molar-refractivity contribution < 1.29 is 0 Å². The first-order chi connectivity index (χ1) is 10.7. The number of aryl methyl sites for hydroxylation is 1. The van der Waals surface area contributed by atoms with Crippen LogP contribution in [0.2, 0.25) is 0 Å². The number of fused-ring (bicyclic) bond motifs is 1. The average Bonchev–Trinajstić information content (AvgIpc) is 2.80. The summed E-state index contributed by atoms with van der Waals surface area (Å²) >= 11 is 0. The normalized spacial score (nSPS) is 10.9. The van der Waals surface area contributed by atoms with Gasteiger partial charge in [0.15, 0.2) is 0 Å². The van der Waals surface area contributed by atoms with E-state index in [2.05, 4.69) is 60.3 Å². The highest BCUT2D eigenvalue weighted by molar-refractivity contribution is 5.92. The lowest BCUT2D eigenvalue weighted by Gasteiger charge is -2.06. The fourth-order valence-electron chi connectivity index (χ4n) is 2.84. The molecule has 2 aromatic heterocycles. The van der Waals surface area contributed by atoms with Crippen LogP contribution in [0.1, 0.15) is 22.5 Å². The first-order valence-corrected chi connectivity index (χ1v) is 7.51. The Labute approximate surface area is 143 Å². The lowest BCUT2D eigenvalue weighted by Crippen LogP contribution is -1.99. The average molecular weight is 325 g/mol. The van der Waals surface area contributed by atoms with Crippen LogP contribution < -0.4 is 0 Å². The number of hydrogen-bond donors (Lipinski definition) is 0. The summed E-state index contributed by atoms with van der Waals surface area (Å²) in [5.74, 6) is 0. The number of allylic oxidation sites excluding steroid dienone is 1. The Balaban J connectivity index is 0.00000192. The van der Waals surface area contributed by atoms with E-state index in [1.165, 1.54) is 27.7 Å². The first kappa shape index (κ1) is 17.0. The van der Waals surface area contributed by atoms with Crippen LogP contribution in [-0.2, 0) is 6.54 Å². The minimum Gasteiger partial charge on any atom is -0.339 e. The summed E-state index contributed by atoms with van der Waals surface area (Å²) in [6.45, 7) is 9.00. The highest BCUT2D eigenvalue weighted by Gasteiger charge is 2.12. The van der Waals surface area contributed by atoms with Crippen molar-refractivity contribution in [3.63, 3.8) is 0 Å². The van der Waals surface area contributed by atoms with Crippen molar-refractivity contribution in [2.24, 2.45) is 0 Å². The maximum atomic E-state index is 4.58. The van der Waals surface area contributed by atoms with Crippen molar-refractivity contribution in [3.8, 4) is 0 Å². The Morgan fingerprint density at radius 2 is 1.83 bits per heavy atom. The van der Waals surface area contributed by atoms with Crippen molar-refractivity contribution in [3.05, 3.63) is 77.8 Å². The van der Waals surface area contributed by atoms with Gasteiger partial charge in [0.1, 0.15) is 0 Å². The van der Waals surface area contributed by atoms with Crippen LogP contribution in [0.3, 0.4) is 0 Å². The smallest absolute Gasteiger partial charge is 0.0873 e. The van der Waals surface area contributed by atoms with Gasteiger partial charge in [-0.15, -0.1) is 19.0 Å². The molecule has 0 aliphatic carbocycles. The maximum absolute atomic E-state index is 4.58. The summed E-state index contributed by atoms with van der Waals surface area (Å²) in [5.41, 5.74) is 5.95. The van der Waals surface area contributed by atoms with E-state index in [9.17, 15) is 0 Å². The lowest BCUT2D eigenvalue weighted by molar-refractivity contribution is 0.822. The fraction of sp³-hybridized carbons (Fsp3) is 0.150. The summed E-state index contributed by atoms with van der Waals surface area (Å²) in [6, 6.07) is 12.4. The van der Waals surface area contributed by atoms with E-state index >= 15 is 0 Å². The Morgan fingerprint density at radius 1 is 1.09 bits per heavy atom. The Morgan fingerprint density at radius 3 is 2.52 bits per heavy atom. The third-order valence-corrected chi connectivity index (χ3v) is 4.12. The summed E-state index contributed by atoms with van der Waals surface area (Å²) in [6.07, 6.45) is 8.02. The number of halogens is 1. The van der Waals surface area contributed by atoms with Gasteiger partial charge in [0, 0.05) is 23.8 Å². The van der Waals surface area contributed by atoms with Crippen LogP contribution in [0.5, 0.6) is 0 Å². The molecule has 23 heavy (non-hydrogen) atoms. The van der Waals surface area contributed by atoms with Crippen molar-refractivity contribution in [2.45, 2.75) is 20.4 Å². The number of rotatable bonds is 4. The number of aromatic nitrogens is 2. The lowest BCUT2D eigenvalue weighted by atomic mass is 10.1. The highest BCUT2D eigenvalue weighted by Crippen LogP contribution is 2.27. The Bertz CT molecular complexity index is 845. The molecule has 0 radical (unpaired) electrons. The topological polar surface area (TPSA) is 17.8 Å². The Kier molecular flexibility index (Phi) is 5.41. The maximum Gasteiger partial charge on any atom is 0.0873 e. The van der Waals surface area contributed by atoms with E-state index in [1.54, 1.807) is 0 Å². The molecule has 0 spiro atoms. The molecule has 0 bridgehead atoms. The molecule has 0 fully saturated rings. The van der Waals surface area contributed by atoms with E-state index in [1.807, 2.05) is 30.5 Å². The zero-order valence-electron chi connectivity index (χ0n) is 13.5. The van der Waals surface area contributed by atoms with Crippen LogP contribution in [0.25, 0.3) is 23.1 Å². The van der Waals surface area contributed by atoms with Crippen molar-refractivity contribution in [1.29, 1.82) is 0 Å². The quantitative estimate of drug-likeness (QED) is 0.585. The van der Waals surface area contributed by atoms with E-state index in [0.717, 1.165) is 12.2 Å². The minimum absolute atomic E-state index is 0. The molecule has 0 aliphatic rings. The molecule has 1 aromatic carbocycles. The molecule has 0 N–H and O–H groups in total. The molecular weight excluding hydrogens is 304 g/mol. The molecule has 0 unspecified atom stereocenters. The van der Waals surface area contributed by atoms with Crippen LogP contribution in [0.15, 0.2) is 55.3 Å². The molecule has 0 saturated carbocycles. The zero-order valence-corrected chi connectivity index (χ0v) is 14.3. The van der Waals surface area contributed by atoms with E-state index in [0.29, 0.717) is 0 Å². The van der Waals surface area contributed by atoms with Crippen molar-refractivity contribution in [2.75, 3.05) is 0 Å². The number of nitrogens with zero attached hydrogens (tertiary/aromatic N) is 2. The van der Waals surface area contributed by atoms with Gasteiger partial charge in [-0.05, 0) is 37.1 Å². The predicted molar refractivity (Wildman–Crippen MR) is 102 cm³/mol. The minimum atomic E-state index is 0. The molecule has 2 heterocycles. The van der Waals surface area contributed by atoms with Crippen molar-refractivity contribution >= 4 is 35.5 Å². The predicted octanol–water partition coefficient (Wildman–Crippen LogP) is 5.43. The monoisotopic (exact) mass is 324 g/mol. The zero-order chi connectivity index (χ0) is 15.5. The standard InChI is InChI=1S/C20H20N2.ClH/c1-4-14-22-16(3)15(2)18-12-13-21-19(20(18)22)11-10-17-8-6-5-7-9-17;/h4-13H,1,14H2,2-3H3;1H. The molecule has 0 amide bonds. The summed E-state index contributed by atoms with van der Waals surface area (Å²) < 4.78 is 2.29. The molecule has 3 aromatic rings. The van der Waals surface area contributed by atoms with Gasteiger partial charge < -0.3 is 4.57 Å². The molecule has 118 valence electrons. The molecule has 3 rings (SSSR count). The third-order valence-electron chi connectivity index (χ3n) is 4.12. The van der Waals surface area contributed by atoms with Gasteiger partial charge in [-0.2, -0.15) is 0 Å². The second-order valence-corrected chi connectivity index (χ2v) is 5.45. The summed E-state index contributed by atoms with van der Waals surface area (Å²) in [4.78, 5) is 4.58. The van der Waals surface area contributed by atoms with Gasteiger partial charge >= 0.3 is 0 Å². The number of benzene rings is 1. The molecule has 3 heteroatoms. The van der Waals surface area contributed by atoms with Crippen LogP contribution in [0, 0.1) is 13.8 Å². The van der Waals surface area contributed by atoms with E-state index in [4.69, 9.17) is 0 Å². The summed E-state index contributed by atoms with van der Waals surface area (Å²) in [7, 11) is 0. The molecule has 0 atom stereocenters. The third kappa shape index (κ3) is 3.22. The van der Waals surface area contributed by atoms with E-state index in [-0.39, 0.29) is 12.4 Å². The van der Waals surface area contributed by atoms with Crippen LogP contribution >= 0.6 is 12.4 Å². The molecular formula is C20H21ClN2. The molecule has 0 aliphatic heterocycles. The van der Waals surface area contributed by atoms with Crippen LogP contribution in [-0.4, -0.2) is 9.55 Å². The van der Waals surface area contributed by atoms with Gasteiger partial charge in [-0.25, -0.2) is 0 Å². The first-order valence-electron chi connectivity index (χ1n) is 7.51. The highest BCUT2D eigenvalue weighted by atomic mass is 35.5. The molecule has 2 nitrogen and oxygen atoms in total. The SMILES string of the molecule is C=CCn1c(C)c(C)c2ccnc(C=Cc3ccccc3)c21.Cl. The largest absolute Gasteiger partial charge is 0.339 e. The summed E-state index contributed by atoms with van der Waals surface area (Å²) in [5, 5.41) is 1.27. The Hall–Kier alpha value is -2.32. The number of hydrogen-bond acceptors (Lipinski definition) is 1. The van der Waals surface area contributed by atoms with Gasteiger partial charge in [0.25, 0.3) is 0 Å². The second-order valence-electron chi connectivity index (χ2n) is 5.45. The molecule has 0 saturated heterocycles. The van der Waals surface area contributed by atoms with Crippen LogP contribution in [0.4, 0.5) is 0 Å². The van der Waals surface area contributed by atoms with Gasteiger partial charge in [0.05, 0.1) is 11.2 Å². The van der Waals surface area contributed by atoms with Gasteiger partial charge in [-0.3, -0.25) is 4.98 Å². The van der Waals surface area contributed by atoms with Crippen molar-refractivity contribution in [1.82, 2.24) is 9.55 Å². The second kappa shape index (κ2) is 7.30. The van der Waals surface area contributed by atoms with Gasteiger partial charge in [0.2, 0.25) is 0 Å².